The van der Waals surface area contributed by atoms with E-state index in [2.05, 4.69) is 15.3 Å². The molecule has 0 spiro atoms. The standard InChI is InChI=1S/C10H14FN3S.ClH/c11-9-5-13-10(14-6-9)15-7-8-1-3-12-4-2-8;/h5-6,8,12H,1-4,7H2;1H. The van der Waals surface area contributed by atoms with Gasteiger partial charge in [0, 0.05) is 5.75 Å². The third-order valence-electron chi connectivity index (χ3n) is 2.50. The predicted molar refractivity (Wildman–Crippen MR) is 65.6 cm³/mol. The van der Waals surface area contributed by atoms with Crippen LogP contribution in [0.5, 0.6) is 0 Å². The van der Waals surface area contributed by atoms with Gasteiger partial charge in [0.15, 0.2) is 11.0 Å². The van der Waals surface area contributed by atoms with Gasteiger partial charge in [-0.15, -0.1) is 12.4 Å². The summed E-state index contributed by atoms with van der Waals surface area (Å²) in [6.07, 6.45) is 4.87. The lowest BCUT2D eigenvalue weighted by atomic mass is 10.0. The Morgan fingerprint density at radius 1 is 1.31 bits per heavy atom. The lowest BCUT2D eigenvalue weighted by Crippen LogP contribution is -2.28. The molecular weight excluding hydrogens is 249 g/mol. The fourth-order valence-electron chi connectivity index (χ4n) is 1.62. The summed E-state index contributed by atoms with van der Waals surface area (Å²) in [6, 6.07) is 0. The molecule has 1 N–H and O–H groups in total. The molecular formula is C10H15ClFN3S. The van der Waals surface area contributed by atoms with E-state index < -0.39 is 0 Å². The van der Waals surface area contributed by atoms with Crippen LogP contribution >= 0.6 is 24.2 Å². The van der Waals surface area contributed by atoms with Crippen molar-refractivity contribution in [1.82, 2.24) is 15.3 Å². The minimum atomic E-state index is -0.374. The third-order valence-corrected chi connectivity index (χ3v) is 3.61. The van der Waals surface area contributed by atoms with E-state index in [1.54, 1.807) is 11.8 Å². The summed E-state index contributed by atoms with van der Waals surface area (Å²) in [4.78, 5) is 7.85. The molecule has 6 heteroatoms. The Labute approximate surface area is 105 Å². The molecule has 90 valence electrons. The molecule has 1 fully saturated rings. The smallest absolute Gasteiger partial charge is 0.187 e. The van der Waals surface area contributed by atoms with Crippen LogP contribution in [-0.4, -0.2) is 28.8 Å². The van der Waals surface area contributed by atoms with Crippen LogP contribution in [0.2, 0.25) is 0 Å². The molecule has 0 radical (unpaired) electrons. The van der Waals surface area contributed by atoms with E-state index in [0.29, 0.717) is 5.16 Å². The van der Waals surface area contributed by atoms with Crippen molar-refractivity contribution in [2.75, 3.05) is 18.8 Å². The molecule has 2 heterocycles. The van der Waals surface area contributed by atoms with Crippen molar-refractivity contribution in [3.8, 4) is 0 Å². The number of nitrogens with zero attached hydrogens (tertiary/aromatic N) is 2. The van der Waals surface area contributed by atoms with Gasteiger partial charge in [-0.2, -0.15) is 0 Å². The zero-order chi connectivity index (χ0) is 10.5. The average Bonchev–Trinajstić information content (AvgIpc) is 2.30. The Balaban J connectivity index is 0.00000128. The summed E-state index contributed by atoms with van der Waals surface area (Å²) in [6.45, 7) is 2.21. The number of rotatable bonds is 3. The van der Waals surface area contributed by atoms with Crippen LogP contribution in [0, 0.1) is 11.7 Å². The first kappa shape index (κ1) is 13.7. The van der Waals surface area contributed by atoms with Crippen LogP contribution < -0.4 is 5.32 Å². The number of hydrogen-bond donors (Lipinski definition) is 1. The van der Waals surface area contributed by atoms with Gasteiger partial charge in [0.25, 0.3) is 0 Å². The van der Waals surface area contributed by atoms with Gasteiger partial charge in [-0.05, 0) is 31.8 Å². The number of thioether (sulfide) groups is 1. The van der Waals surface area contributed by atoms with Crippen molar-refractivity contribution in [2.45, 2.75) is 18.0 Å². The molecule has 0 saturated carbocycles. The molecule has 16 heavy (non-hydrogen) atoms. The van der Waals surface area contributed by atoms with E-state index in [1.807, 2.05) is 0 Å². The monoisotopic (exact) mass is 263 g/mol. The molecule has 1 aromatic rings. The van der Waals surface area contributed by atoms with Gasteiger partial charge < -0.3 is 5.32 Å². The lowest BCUT2D eigenvalue weighted by molar-refractivity contribution is 0.407. The Kier molecular flexibility index (Phi) is 6.01. The first-order valence-corrected chi connectivity index (χ1v) is 6.14. The Bertz CT molecular complexity index is 303. The van der Waals surface area contributed by atoms with Crippen molar-refractivity contribution in [3.63, 3.8) is 0 Å². The molecule has 0 atom stereocenters. The molecule has 0 unspecified atom stereocenters. The van der Waals surface area contributed by atoms with Crippen LogP contribution in [0.3, 0.4) is 0 Å². The number of halogens is 2. The van der Waals surface area contributed by atoms with E-state index in [0.717, 1.165) is 24.8 Å². The van der Waals surface area contributed by atoms with Crippen LogP contribution in [0.4, 0.5) is 4.39 Å². The zero-order valence-corrected chi connectivity index (χ0v) is 10.5. The number of aromatic nitrogens is 2. The highest BCUT2D eigenvalue weighted by molar-refractivity contribution is 7.99. The molecule has 2 rings (SSSR count). The van der Waals surface area contributed by atoms with E-state index in [-0.39, 0.29) is 18.2 Å². The fourth-order valence-corrected chi connectivity index (χ4v) is 2.59. The molecule has 1 aliphatic rings. The van der Waals surface area contributed by atoms with Crippen molar-refractivity contribution in [2.24, 2.45) is 5.92 Å². The van der Waals surface area contributed by atoms with Gasteiger partial charge in [0.05, 0.1) is 12.4 Å². The minimum absolute atomic E-state index is 0. The highest BCUT2D eigenvalue weighted by Crippen LogP contribution is 2.21. The minimum Gasteiger partial charge on any atom is -0.317 e. The molecule has 0 aromatic carbocycles. The van der Waals surface area contributed by atoms with Gasteiger partial charge in [-0.25, -0.2) is 14.4 Å². The highest BCUT2D eigenvalue weighted by atomic mass is 35.5. The van der Waals surface area contributed by atoms with Crippen LogP contribution in [0.1, 0.15) is 12.8 Å². The van der Waals surface area contributed by atoms with E-state index in [4.69, 9.17) is 0 Å². The maximum absolute atomic E-state index is 12.5. The van der Waals surface area contributed by atoms with E-state index in [1.165, 1.54) is 25.2 Å². The van der Waals surface area contributed by atoms with Crippen LogP contribution in [-0.2, 0) is 0 Å². The third kappa shape index (κ3) is 4.23. The largest absolute Gasteiger partial charge is 0.317 e. The Hall–Kier alpha value is -0.390. The normalized spacial score (nSPS) is 16.8. The van der Waals surface area contributed by atoms with Crippen molar-refractivity contribution in [1.29, 1.82) is 0 Å². The maximum atomic E-state index is 12.5. The zero-order valence-electron chi connectivity index (χ0n) is 8.86. The van der Waals surface area contributed by atoms with Gasteiger partial charge in [0.1, 0.15) is 0 Å². The molecule has 0 amide bonds. The molecule has 3 nitrogen and oxygen atoms in total. The second-order valence-corrected chi connectivity index (χ2v) is 4.68. The number of nitrogens with one attached hydrogen (secondary N) is 1. The Morgan fingerprint density at radius 3 is 2.56 bits per heavy atom. The second kappa shape index (κ2) is 7.04. The van der Waals surface area contributed by atoms with E-state index in [9.17, 15) is 4.39 Å². The van der Waals surface area contributed by atoms with Crippen LogP contribution in [0.25, 0.3) is 0 Å². The fraction of sp³-hybridized carbons (Fsp3) is 0.600. The summed E-state index contributed by atoms with van der Waals surface area (Å²) in [5.41, 5.74) is 0. The average molecular weight is 264 g/mol. The summed E-state index contributed by atoms with van der Waals surface area (Å²) in [5.74, 6) is 1.40. The number of hydrogen-bond acceptors (Lipinski definition) is 4. The molecule has 1 aliphatic heterocycles. The number of piperidine rings is 1. The van der Waals surface area contributed by atoms with Gasteiger partial charge in [0.2, 0.25) is 0 Å². The van der Waals surface area contributed by atoms with Crippen molar-refractivity contribution >= 4 is 24.2 Å². The van der Waals surface area contributed by atoms with E-state index >= 15 is 0 Å². The van der Waals surface area contributed by atoms with Gasteiger partial charge in [-0.1, -0.05) is 11.8 Å². The highest BCUT2D eigenvalue weighted by Gasteiger charge is 2.13. The van der Waals surface area contributed by atoms with Crippen LogP contribution in [0.15, 0.2) is 17.6 Å². The quantitative estimate of drug-likeness (QED) is 0.670. The molecule has 1 saturated heterocycles. The molecule has 0 bridgehead atoms. The molecule has 0 aliphatic carbocycles. The summed E-state index contributed by atoms with van der Waals surface area (Å²) < 4.78 is 12.5. The first-order valence-electron chi connectivity index (χ1n) is 5.15. The molecule has 1 aromatic heterocycles. The predicted octanol–water partition coefficient (Wildman–Crippen LogP) is 2.13. The maximum Gasteiger partial charge on any atom is 0.187 e. The topological polar surface area (TPSA) is 37.8 Å². The Morgan fingerprint density at radius 2 is 1.94 bits per heavy atom. The summed E-state index contributed by atoms with van der Waals surface area (Å²) >= 11 is 1.62. The first-order chi connectivity index (χ1) is 7.34. The van der Waals surface area contributed by atoms with Crippen molar-refractivity contribution in [3.05, 3.63) is 18.2 Å². The summed E-state index contributed by atoms with van der Waals surface area (Å²) in [7, 11) is 0. The summed E-state index contributed by atoms with van der Waals surface area (Å²) in [5, 5.41) is 4.01. The van der Waals surface area contributed by atoms with Gasteiger partial charge in [-0.3, -0.25) is 0 Å². The SMILES string of the molecule is Cl.Fc1cnc(SCC2CCNCC2)nc1. The lowest BCUT2D eigenvalue weighted by Gasteiger charge is -2.21. The van der Waals surface area contributed by atoms with Gasteiger partial charge >= 0.3 is 0 Å². The second-order valence-electron chi connectivity index (χ2n) is 3.69. The van der Waals surface area contributed by atoms with Crippen molar-refractivity contribution < 1.29 is 4.39 Å².